The third kappa shape index (κ3) is 3.54. The number of nitrogens with zero attached hydrogens (tertiary/aromatic N) is 3. The van der Waals surface area contributed by atoms with Gasteiger partial charge in [0.25, 0.3) is 15.9 Å². The Balaban J connectivity index is 1.93. The normalized spacial score (nSPS) is 14.8. The third-order valence-corrected chi connectivity index (χ3v) is 6.17. The number of rotatable bonds is 4. The molecule has 0 aliphatic carbocycles. The first-order chi connectivity index (χ1) is 11.8. The van der Waals surface area contributed by atoms with Crippen molar-refractivity contribution in [2.75, 3.05) is 17.8 Å². The summed E-state index contributed by atoms with van der Waals surface area (Å²) in [7, 11) is -3.90. The highest BCUT2D eigenvalue weighted by Crippen LogP contribution is 2.27. The maximum Gasteiger partial charge on any atom is 0.278 e. The molecule has 25 heavy (non-hydrogen) atoms. The molecular formula is C15H18BrN5O3S. The van der Waals surface area contributed by atoms with Crippen LogP contribution >= 0.6 is 15.9 Å². The molecule has 8 nitrogen and oxygen atoms in total. The number of nitrogens with one attached hydrogen (secondary N) is 2. The monoisotopic (exact) mass is 427 g/mol. The van der Waals surface area contributed by atoms with Gasteiger partial charge in [0.2, 0.25) is 0 Å². The summed E-state index contributed by atoms with van der Waals surface area (Å²) in [4.78, 5) is 14.3. The largest absolute Gasteiger partial charge is 0.337 e. The number of anilines is 1. The Morgan fingerprint density at radius 1 is 1.20 bits per heavy atom. The van der Waals surface area contributed by atoms with E-state index in [0.717, 1.165) is 17.3 Å². The lowest BCUT2D eigenvalue weighted by atomic mass is 10.2. The van der Waals surface area contributed by atoms with E-state index in [1.54, 1.807) is 30.9 Å². The van der Waals surface area contributed by atoms with Crippen molar-refractivity contribution in [3.63, 3.8) is 0 Å². The molecule has 134 valence electrons. The van der Waals surface area contributed by atoms with Gasteiger partial charge >= 0.3 is 0 Å². The zero-order valence-corrected chi connectivity index (χ0v) is 16.2. The van der Waals surface area contributed by atoms with Crippen molar-refractivity contribution in [1.82, 2.24) is 20.3 Å². The zero-order chi connectivity index (χ0) is 18.2. The number of hydrogen-bond donors (Lipinski definition) is 2. The highest BCUT2D eigenvalue weighted by atomic mass is 79.9. The summed E-state index contributed by atoms with van der Waals surface area (Å²) < 4.78 is 28.8. The number of sulfonamides is 1. The summed E-state index contributed by atoms with van der Waals surface area (Å²) in [5.41, 5.74) is 1.17. The van der Waals surface area contributed by atoms with Gasteiger partial charge in [-0.2, -0.15) is 5.21 Å². The van der Waals surface area contributed by atoms with Crippen LogP contribution in [0, 0.1) is 13.8 Å². The molecule has 1 aliphatic rings. The van der Waals surface area contributed by atoms with E-state index in [0.29, 0.717) is 24.2 Å². The number of H-pyrrole nitrogens is 1. The maximum absolute atomic E-state index is 12.8. The SMILES string of the molecule is Cc1cc(Br)cc(C)c1S(=O)(=O)Nc1n[nH]nc1C(=O)N1CCCC1. The lowest BCUT2D eigenvalue weighted by Crippen LogP contribution is -2.29. The Bertz CT molecular complexity index is 896. The van der Waals surface area contributed by atoms with Crippen molar-refractivity contribution < 1.29 is 13.2 Å². The lowest BCUT2D eigenvalue weighted by Gasteiger charge is -2.15. The Morgan fingerprint density at radius 3 is 2.40 bits per heavy atom. The second-order valence-corrected chi connectivity index (χ2v) is 8.53. The number of amides is 1. The molecule has 0 atom stereocenters. The van der Waals surface area contributed by atoms with Crippen LogP contribution in [-0.2, 0) is 10.0 Å². The predicted molar refractivity (Wildman–Crippen MR) is 95.9 cm³/mol. The molecule has 0 radical (unpaired) electrons. The van der Waals surface area contributed by atoms with Crippen molar-refractivity contribution in [2.24, 2.45) is 0 Å². The van der Waals surface area contributed by atoms with Gasteiger partial charge < -0.3 is 4.90 Å². The fourth-order valence-corrected chi connectivity index (χ4v) is 5.17. The second-order valence-electron chi connectivity index (χ2n) is 5.99. The fourth-order valence-electron chi connectivity index (χ4n) is 3.02. The first-order valence-electron chi connectivity index (χ1n) is 7.79. The van der Waals surface area contributed by atoms with Crippen LogP contribution in [0.15, 0.2) is 21.5 Å². The van der Waals surface area contributed by atoms with Crippen LogP contribution in [0.1, 0.15) is 34.5 Å². The molecule has 1 aromatic carbocycles. The number of carbonyl (C=O) groups is 1. The average Bonchev–Trinajstić information content (AvgIpc) is 3.15. The third-order valence-electron chi connectivity index (χ3n) is 4.07. The summed E-state index contributed by atoms with van der Waals surface area (Å²) >= 11 is 3.35. The molecule has 3 rings (SSSR count). The van der Waals surface area contributed by atoms with Gasteiger partial charge in [0, 0.05) is 17.6 Å². The lowest BCUT2D eigenvalue weighted by molar-refractivity contribution is 0.0788. The number of aromatic amines is 1. The van der Waals surface area contributed by atoms with Crippen LogP contribution < -0.4 is 4.72 Å². The van der Waals surface area contributed by atoms with E-state index in [9.17, 15) is 13.2 Å². The predicted octanol–water partition coefficient (Wildman–Crippen LogP) is 2.22. The zero-order valence-electron chi connectivity index (χ0n) is 13.8. The number of aromatic nitrogens is 3. The van der Waals surface area contributed by atoms with Gasteiger partial charge in [-0.3, -0.25) is 9.52 Å². The Kier molecular flexibility index (Phi) is 4.83. The van der Waals surface area contributed by atoms with Gasteiger partial charge in [0.15, 0.2) is 11.5 Å². The molecule has 2 aromatic rings. The molecule has 1 fully saturated rings. The van der Waals surface area contributed by atoms with E-state index in [1.807, 2.05) is 0 Å². The van der Waals surface area contributed by atoms with Crippen LogP contribution in [0.3, 0.4) is 0 Å². The number of hydrogen-bond acceptors (Lipinski definition) is 5. The highest BCUT2D eigenvalue weighted by molar-refractivity contribution is 9.10. The first kappa shape index (κ1) is 17.9. The van der Waals surface area contributed by atoms with Crippen molar-refractivity contribution in [1.29, 1.82) is 0 Å². The van der Waals surface area contributed by atoms with Crippen molar-refractivity contribution in [3.05, 3.63) is 33.4 Å². The quantitative estimate of drug-likeness (QED) is 0.777. The van der Waals surface area contributed by atoms with E-state index in [4.69, 9.17) is 0 Å². The number of likely N-dealkylation sites (tertiary alicyclic amines) is 1. The fraction of sp³-hybridized carbons (Fsp3) is 0.400. The number of aryl methyl sites for hydroxylation is 2. The number of benzene rings is 1. The van der Waals surface area contributed by atoms with E-state index in [1.165, 1.54) is 0 Å². The Labute approximate surface area is 154 Å². The van der Waals surface area contributed by atoms with Gasteiger partial charge in [-0.05, 0) is 49.9 Å². The standard InChI is InChI=1S/C15H18BrN5O3S/c1-9-7-11(16)8-10(2)13(9)25(23,24)19-14-12(17-20-18-14)15(22)21-5-3-4-6-21/h7-8H,3-6H2,1-2H3,(H2,17,18,19,20). The summed E-state index contributed by atoms with van der Waals surface area (Å²) in [6, 6.07) is 3.45. The Morgan fingerprint density at radius 2 is 1.80 bits per heavy atom. The molecule has 2 heterocycles. The minimum Gasteiger partial charge on any atom is -0.337 e. The van der Waals surface area contributed by atoms with Gasteiger partial charge in [-0.1, -0.05) is 15.9 Å². The topological polar surface area (TPSA) is 108 Å². The minimum atomic E-state index is -3.90. The van der Waals surface area contributed by atoms with Gasteiger partial charge in [-0.25, -0.2) is 8.42 Å². The van der Waals surface area contributed by atoms with Crippen LogP contribution in [-0.4, -0.2) is 47.7 Å². The van der Waals surface area contributed by atoms with Crippen LogP contribution in [0.5, 0.6) is 0 Å². The summed E-state index contributed by atoms with van der Waals surface area (Å²) in [6.07, 6.45) is 1.86. The number of halogens is 1. The van der Waals surface area contributed by atoms with Gasteiger partial charge in [-0.15, -0.1) is 10.2 Å². The molecule has 1 aliphatic heterocycles. The van der Waals surface area contributed by atoms with Crippen LogP contribution in [0.25, 0.3) is 0 Å². The van der Waals surface area contributed by atoms with Crippen LogP contribution in [0.4, 0.5) is 5.82 Å². The molecule has 1 amide bonds. The Hall–Kier alpha value is -1.94. The molecule has 10 heteroatoms. The molecule has 0 unspecified atom stereocenters. The first-order valence-corrected chi connectivity index (χ1v) is 10.1. The van der Waals surface area contributed by atoms with E-state index in [2.05, 4.69) is 36.1 Å². The van der Waals surface area contributed by atoms with E-state index < -0.39 is 10.0 Å². The van der Waals surface area contributed by atoms with Crippen LogP contribution in [0.2, 0.25) is 0 Å². The van der Waals surface area contributed by atoms with Crippen molar-refractivity contribution >= 4 is 37.7 Å². The molecule has 0 bridgehead atoms. The van der Waals surface area contributed by atoms with E-state index in [-0.39, 0.29) is 22.3 Å². The maximum atomic E-state index is 12.8. The van der Waals surface area contributed by atoms with Crippen molar-refractivity contribution in [2.45, 2.75) is 31.6 Å². The molecule has 2 N–H and O–H groups in total. The smallest absolute Gasteiger partial charge is 0.278 e. The minimum absolute atomic E-state index is 0.0158. The second kappa shape index (κ2) is 6.75. The summed E-state index contributed by atoms with van der Waals surface area (Å²) in [5.74, 6) is -0.410. The van der Waals surface area contributed by atoms with Gasteiger partial charge in [0.05, 0.1) is 4.90 Å². The van der Waals surface area contributed by atoms with E-state index >= 15 is 0 Å². The molecular weight excluding hydrogens is 410 g/mol. The summed E-state index contributed by atoms with van der Waals surface area (Å²) in [6.45, 7) is 4.71. The van der Waals surface area contributed by atoms with Crippen molar-refractivity contribution in [3.8, 4) is 0 Å². The highest BCUT2D eigenvalue weighted by Gasteiger charge is 2.28. The summed E-state index contributed by atoms with van der Waals surface area (Å²) in [5, 5.41) is 9.98. The number of carbonyl (C=O) groups excluding carboxylic acids is 1. The molecule has 1 saturated heterocycles. The molecule has 0 spiro atoms. The average molecular weight is 428 g/mol. The molecule has 0 saturated carbocycles. The van der Waals surface area contributed by atoms with Gasteiger partial charge in [0.1, 0.15) is 0 Å². The molecule has 1 aromatic heterocycles.